The van der Waals surface area contributed by atoms with Crippen molar-refractivity contribution in [2.24, 2.45) is 0 Å². The van der Waals surface area contributed by atoms with Gasteiger partial charge in [-0.05, 0) is 73.9 Å². The van der Waals surface area contributed by atoms with E-state index in [0.29, 0.717) is 21.3 Å². The highest BCUT2D eigenvalue weighted by atomic mass is 35.5. The van der Waals surface area contributed by atoms with Gasteiger partial charge in [0.05, 0.1) is 20.6 Å². The summed E-state index contributed by atoms with van der Waals surface area (Å²) in [6.07, 6.45) is 0. The van der Waals surface area contributed by atoms with Gasteiger partial charge in [-0.1, -0.05) is 53.5 Å². The zero-order valence-corrected chi connectivity index (χ0v) is 23.4. The number of aryl methyl sites for hydroxylation is 2. The molecule has 196 valence electrons. The Bertz CT molecular complexity index is 1400. The van der Waals surface area contributed by atoms with Gasteiger partial charge in [0, 0.05) is 13.6 Å². The Kier molecular flexibility index (Phi) is 9.23. The fraction of sp³-hybridized carbons (Fsp3) is 0.259. The molecule has 0 fully saturated rings. The molecule has 3 rings (SSSR count). The Labute approximate surface area is 228 Å². The van der Waals surface area contributed by atoms with Gasteiger partial charge in [-0.2, -0.15) is 0 Å². The standard InChI is InChI=1S/C27H29Cl2N3O4S/c1-18-10-12-22(14-19(18)2)32(37(35,36)23-8-6-5-7-9-23)17-26(33)31(20(3)27(34)30-4)16-21-11-13-24(28)25(29)15-21/h5-15,20H,16-17H2,1-4H3,(H,30,34)/t20-/m1/s1. The third kappa shape index (κ3) is 6.63. The summed E-state index contributed by atoms with van der Waals surface area (Å²) in [6.45, 7) is 4.89. The van der Waals surface area contributed by atoms with Gasteiger partial charge in [0.25, 0.3) is 10.0 Å². The molecule has 3 aromatic rings. The molecule has 7 nitrogen and oxygen atoms in total. The summed E-state index contributed by atoms with van der Waals surface area (Å²) < 4.78 is 28.5. The van der Waals surface area contributed by atoms with E-state index in [-0.39, 0.29) is 11.4 Å². The molecule has 0 aliphatic heterocycles. The summed E-state index contributed by atoms with van der Waals surface area (Å²) in [5.74, 6) is -0.947. The van der Waals surface area contributed by atoms with E-state index in [1.54, 1.807) is 55.5 Å². The molecule has 0 bridgehead atoms. The van der Waals surface area contributed by atoms with Crippen molar-refractivity contribution in [2.75, 3.05) is 17.9 Å². The number of benzene rings is 3. The van der Waals surface area contributed by atoms with E-state index in [9.17, 15) is 18.0 Å². The summed E-state index contributed by atoms with van der Waals surface area (Å²) in [7, 11) is -2.63. The summed E-state index contributed by atoms with van der Waals surface area (Å²) in [4.78, 5) is 27.7. The molecule has 0 aliphatic carbocycles. The van der Waals surface area contributed by atoms with Crippen molar-refractivity contribution in [1.29, 1.82) is 0 Å². The quantitative estimate of drug-likeness (QED) is 0.399. The molecule has 1 N–H and O–H groups in total. The van der Waals surface area contributed by atoms with Gasteiger partial charge in [0.2, 0.25) is 11.8 Å². The molecule has 0 unspecified atom stereocenters. The van der Waals surface area contributed by atoms with Gasteiger partial charge >= 0.3 is 0 Å². The molecule has 1 atom stereocenters. The Balaban J connectivity index is 2.05. The van der Waals surface area contributed by atoms with Crippen molar-refractivity contribution in [1.82, 2.24) is 10.2 Å². The van der Waals surface area contributed by atoms with Crippen LogP contribution in [-0.2, 0) is 26.2 Å². The predicted molar refractivity (Wildman–Crippen MR) is 147 cm³/mol. The average molecular weight is 563 g/mol. The molecular formula is C27H29Cl2N3O4S. The summed E-state index contributed by atoms with van der Waals surface area (Å²) in [5.41, 5.74) is 2.86. The highest BCUT2D eigenvalue weighted by Gasteiger charge is 2.32. The number of sulfonamides is 1. The van der Waals surface area contributed by atoms with Crippen LogP contribution >= 0.6 is 23.2 Å². The van der Waals surface area contributed by atoms with Crippen LogP contribution in [0.15, 0.2) is 71.6 Å². The third-order valence-corrected chi connectivity index (χ3v) is 8.67. The second kappa shape index (κ2) is 12.0. The minimum atomic E-state index is -4.10. The van der Waals surface area contributed by atoms with Crippen molar-refractivity contribution >= 4 is 50.7 Å². The largest absolute Gasteiger partial charge is 0.357 e. The van der Waals surface area contributed by atoms with Gasteiger partial charge in [-0.15, -0.1) is 0 Å². The van der Waals surface area contributed by atoms with Gasteiger partial charge in [0.15, 0.2) is 0 Å². The number of nitrogens with one attached hydrogen (secondary N) is 1. The van der Waals surface area contributed by atoms with Crippen LogP contribution in [0.2, 0.25) is 10.0 Å². The molecule has 37 heavy (non-hydrogen) atoms. The molecule has 0 saturated carbocycles. The normalized spacial score (nSPS) is 12.1. The van der Waals surface area contributed by atoms with Crippen LogP contribution < -0.4 is 9.62 Å². The minimum Gasteiger partial charge on any atom is -0.357 e. The van der Waals surface area contributed by atoms with Crippen LogP contribution in [0.3, 0.4) is 0 Å². The lowest BCUT2D eigenvalue weighted by molar-refractivity contribution is -0.139. The van der Waals surface area contributed by atoms with E-state index in [0.717, 1.165) is 15.4 Å². The molecule has 0 saturated heterocycles. The van der Waals surface area contributed by atoms with Crippen LogP contribution in [-0.4, -0.2) is 44.8 Å². The van der Waals surface area contributed by atoms with E-state index < -0.39 is 34.4 Å². The summed E-state index contributed by atoms with van der Waals surface area (Å²) in [5, 5.41) is 3.22. The highest BCUT2D eigenvalue weighted by molar-refractivity contribution is 7.92. The number of hydrogen-bond acceptors (Lipinski definition) is 4. The molecule has 0 spiro atoms. The molecule has 3 aromatic carbocycles. The van der Waals surface area contributed by atoms with Gasteiger partial charge in [-0.25, -0.2) is 8.42 Å². The predicted octanol–water partition coefficient (Wildman–Crippen LogP) is 4.97. The molecule has 0 radical (unpaired) electrons. The van der Waals surface area contributed by atoms with E-state index >= 15 is 0 Å². The zero-order valence-electron chi connectivity index (χ0n) is 21.0. The maximum absolute atomic E-state index is 13.8. The Hall–Kier alpha value is -3.07. The monoisotopic (exact) mass is 561 g/mol. The maximum Gasteiger partial charge on any atom is 0.264 e. The van der Waals surface area contributed by atoms with Gasteiger partial charge in [-0.3, -0.25) is 13.9 Å². The molecule has 0 aliphatic rings. The fourth-order valence-electron chi connectivity index (χ4n) is 3.76. The number of likely N-dealkylation sites (N-methyl/N-ethyl adjacent to an activating group) is 1. The van der Waals surface area contributed by atoms with Crippen LogP contribution in [0.5, 0.6) is 0 Å². The lowest BCUT2D eigenvalue weighted by Gasteiger charge is -2.32. The fourth-order valence-corrected chi connectivity index (χ4v) is 5.50. The first kappa shape index (κ1) is 28.5. The first-order valence-corrected chi connectivity index (χ1v) is 13.7. The van der Waals surface area contributed by atoms with Crippen molar-refractivity contribution in [3.63, 3.8) is 0 Å². The lowest BCUT2D eigenvalue weighted by atomic mass is 10.1. The van der Waals surface area contributed by atoms with Crippen molar-refractivity contribution in [3.8, 4) is 0 Å². The van der Waals surface area contributed by atoms with Crippen molar-refractivity contribution in [3.05, 3.63) is 93.5 Å². The number of carbonyl (C=O) groups excluding carboxylic acids is 2. The minimum absolute atomic E-state index is 0.0243. The maximum atomic E-state index is 13.8. The van der Waals surface area contributed by atoms with Gasteiger partial charge < -0.3 is 10.2 Å². The molecule has 2 amide bonds. The first-order chi connectivity index (χ1) is 17.4. The lowest BCUT2D eigenvalue weighted by Crippen LogP contribution is -2.50. The molecule has 0 heterocycles. The number of nitrogens with zero attached hydrogens (tertiary/aromatic N) is 2. The third-order valence-electron chi connectivity index (χ3n) is 6.14. The Morgan fingerprint density at radius 3 is 2.19 bits per heavy atom. The number of amides is 2. The van der Waals surface area contributed by atoms with Gasteiger partial charge in [0.1, 0.15) is 12.6 Å². The Morgan fingerprint density at radius 1 is 0.919 bits per heavy atom. The topological polar surface area (TPSA) is 86.8 Å². The molecular weight excluding hydrogens is 533 g/mol. The zero-order chi connectivity index (χ0) is 27.3. The van der Waals surface area contributed by atoms with Crippen LogP contribution in [0, 0.1) is 13.8 Å². The smallest absolute Gasteiger partial charge is 0.264 e. The van der Waals surface area contributed by atoms with Crippen molar-refractivity contribution < 1.29 is 18.0 Å². The highest BCUT2D eigenvalue weighted by Crippen LogP contribution is 2.27. The van der Waals surface area contributed by atoms with Crippen LogP contribution in [0.4, 0.5) is 5.69 Å². The van der Waals surface area contributed by atoms with E-state index in [4.69, 9.17) is 23.2 Å². The molecule has 0 aromatic heterocycles. The number of anilines is 1. The van der Waals surface area contributed by atoms with Crippen molar-refractivity contribution in [2.45, 2.75) is 38.3 Å². The SMILES string of the molecule is CNC(=O)[C@@H](C)N(Cc1ccc(Cl)c(Cl)c1)C(=O)CN(c1ccc(C)c(C)c1)S(=O)(=O)c1ccccc1. The van der Waals surface area contributed by atoms with E-state index in [1.807, 2.05) is 19.9 Å². The number of hydrogen-bond donors (Lipinski definition) is 1. The first-order valence-electron chi connectivity index (χ1n) is 11.6. The second-order valence-corrected chi connectivity index (χ2v) is 11.3. The number of rotatable bonds is 9. The van der Waals surface area contributed by atoms with Crippen LogP contribution in [0.1, 0.15) is 23.6 Å². The van der Waals surface area contributed by atoms with E-state index in [2.05, 4.69) is 5.32 Å². The van der Waals surface area contributed by atoms with Crippen LogP contribution in [0.25, 0.3) is 0 Å². The summed E-state index contributed by atoms with van der Waals surface area (Å²) in [6, 6.07) is 17.2. The Morgan fingerprint density at radius 2 is 1.59 bits per heavy atom. The second-order valence-electron chi connectivity index (χ2n) is 8.65. The van der Waals surface area contributed by atoms with E-state index in [1.165, 1.54) is 24.1 Å². The molecule has 10 heteroatoms. The summed E-state index contributed by atoms with van der Waals surface area (Å²) >= 11 is 12.2. The number of carbonyl (C=O) groups is 2. The number of halogens is 2. The average Bonchev–Trinajstić information content (AvgIpc) is 2.89.